The Bertz CT molecular complexity index is 513. The maximum Gasteiger partial charge on any atom is 0.240 e. The summed E-state index contributed by atoms with van der Waals surface area (Å²) >= 11 is 0. The van der Waals surface area contributed by atoms with E-state index in [0.29, 0.717) is 19.4 Å². The highest BCUT2D eigenvalue weighted by atomic mass is 16.2. The van der Waals surface area contributed by atoms with Crippen molar-refractivity contribution in [2.45, 2.75) is 40.0 Å². The molecule has 1 fully saturated rings. The van der Waals surface area contributed by atoms with Crippen LogP contribution in [0.15, 0.2) is 18.2 Å². The van der Waals surface area contributed by atoms with Crippen LogP contribution < -0.4 is 10.6 Å². The van der Waals surface area contributed by atoms with Gasteiger partial charge in [-0.3, -0.25) is 9.59 Å². The number of nitrogens with one attached hydrogen (secondary N) is 2. The van der Waals surface area contributed by atoms with Crippen LogP contribution in [0.3, 0.4) is 0 Å². The number of para-hydroxylation sites is 1. The number of rotatable bonds is 5. The van der Waals surface area contributed by atoms with E-state index >= 15 is 0 Å². The number of carbonyl (C=O) groups excluding carboxylic acids is 2. The van der Waals surface area contributed by atoms with E-state index in [1.165, 1.54) is 0 Å². The summed E-state index contributed by atoms with van der Waals surface area (Å²) in [5, 5.41) is 5.77. The van der Waals surface area contributed by atoms with Crippen molar-refractivity contribution in [2.24, 2.45) is 5.41 Å². The summed E-state index contributed by atoms with van der Waals surface area (Å²) in [5.74, 6) is -0.313. The summed E-state index contributed by atoms with van der Waals surface area (Å²) in [4.78, 5) is 24.5. The van der Waals surface area contributed by atoms with Crippen molar-refractivity contribution in [3.8, 4) is 0 Å². The van der Waals surface area contributed by atoms with Gasteiger partial charge in [0.2, 0.25) is 11.8 Å². The third-order valence-corrected chi connectivity index (χ3v) is 3.87. The predicted molar refractivity (Wildman–Crippen MR) is 79.5 cm³/mol. The van der Waals surface area contributed by atoms with Crippen molar-refractivity contribution in [1.29, 1.82) is 0 Å². The van der Waals surface area contributed by atoms with E-state index in [4.69, 9.17) is 0 Å². The molecule has 0 saturated heterocycles. The van der Waals surface area contributed by atoms with Crippen LogP contribution in [-0.2, 0) is 9.59 Å². The zero-order valence-corrected chi connectivity index (χ0v) is 12.4. The molecule has 20 heavy (non-hydrogen) atoms. The standard InChI is InChI=1S/C16H22N2O2/c1-4-10-17-14(19)16(8-9-16)15(20)18-13-11(2)6-5-7-12(13)3/h5-7H,4,8-10H2,1-3H3,(H,17,19)(H,18,20). The SMILES string of the molecule is CCCNC(=O)C1(C(=O)Nc2c(C)cccc2C)CC1. The van der Waals surface area contributed by atoms with E-state index in [1.807, 2.05) is 39.0 Å². The van der Waals surface area contributed by atoms with Gasteiger partial charge >= 0.3 is 0 Å². The van der Waals surface area contributed by atoms with Crippen LogP contribution in [0.2, 0.25) is 0 Å². The van der Waals surface area contributed by atoms with Crippen molar-refractivity contribution in [3.05, 3.63) is 29.3 Å². The lowest BCUT2D eigenvalue weighted by atomic mass is 10.0. The molecule has 2 rings (SSSR count). The highest BCUT2D eigenvalue weighted by molar-refractivity contribution is 6.13. The second-order valence-corrected chi connectivity index (χ2v) is 5.56. The summed E-state index contributed by atoms with van der Waals surface area (Å²) in [6, 6.07) is 5.87. The van der Waals surface area contributed by atoms with Gasteiger partial charge in [0.05, 0.1) is 0 Å². The Labute approximate surface area is 119 Å². The first-order chi connectivity index (χ1) is 9.51. The number of carbonyl (C=O) groups is 2. The smallest absolute Gasteiger partial charge is 0.240 e. The molecule has 0 atom stereocenters. The van der Waals surface area contributed by atoms with Gasteiger partial charge in [-0.2, -0.15) is 0 Å². The van der Waals surface area contributed by atoms with Crippen molar-refractivity contribution < 1.29 is 9.59 Å². The van der Waals surface area contributed by atoms with Gasteiger partial charge in [-0.05, 0) is 44.2 Å². The normalized spacial score (nSPS) is 15.6. The zero-order valence-electron chi connectivity index (χ0n) is 12.4. The number of aryl methyl sites for hydroxylation is 2. The van der Waals surface area contributed by atoms with Crippen LogP contribution in [0.5, 0.6) is 0 Å². The summed E-state index contributed by atoms with van der Waals surface area (Å²) in [7, 11) is 0. The van der Waals surface area contributed by atoms with Crippen molar-refractivity contribution in [2.75, 3.05) is 11.9 Å². The van der Waals surface area contributed by atoms with Gasteiger partial charge in [0.15, 0.2) is 0 Å². The van der Waals surface area contributed by atoms with Gasteiger partial charge in [-0.25, -0.2) is 0 Å². The summed E-state index contributed by atoms with van der Waals surface area (Å²) in [6.07, 6.45) is 2.15. The average molecular weight is 274 g/mol. The predicted octanol–water partition coefficient (Wildman–Crippen LogP) is 2.55. The van der Waals surface area contributed by atoms with E-state index in [-0.39, 0.29) is 11.8 Å². The lowest BCUT2D eigenvalue weighted by Crippen LogP contribution is -2.40. The quantitative estimate of drug-likeness (QED) is 0.811. The largest absolute Gasteiger partial charge is 0.355 e. The molecule has 1 aromatic rings. The first-order valence-electron chi connectivity index (χ1n) is 7.17. The van der Waals surface area contributed by atoms with Crippen LogP contribution in [0.1, 0.15) is 37.3 Å². The summed E-state index contributed by atoms with van der Waals surface area (Å²) in [5.41, 5.74) is 2.02. The second kappa shape index (κ2) is 5.65. The molecule has 1 aliphatic carbocycles. The number of benzene rings is 1. The molecule has 0 radical (unpaired) electrons. The third-order valence-electron chi connectivity index (χ3n) is 3.87. The monoisotopic (exact) mass is 274 g/mol. The van der Waals surface area contributed by atoms with Gasteiger partial charge in [0.1, 0.15) is 5.41 Å². The lowest BCUT2D eigenvalue weighted by Gasteiger charge is -2.17. The molecule has 1 aliphatic rings. The Kier molecular flexibility index (Phi) is 4.12. The van der Waals surface area contributed by atoms with Gasteiger partial charge < -0.3 is 10.6 Å². The molecule has 0 spiro atoms. The molecule has 0 aromatic heterocycles. The molecule has 0 unspecified atom stereocenters. The molecule has 4 heteroatoms. The molecule has 0 bridgehead atoms. The average Bonchev–Trinajstić information content (AvgIpc) is 3.21. The van der Waals surface area contributed by atoms with E-state index in [1.54, 1.807) is 0 Å². The molecular formula is C16H22N2O2. The Morgan fingerprint density at radius 3 is 2.25 bits per heavy atom. The van der Waals surface area contributed by atoms with Gasteiger partial charge in [0, 0.05) is 12.2 Å². The van der Waals surface area contributed by atoms with Crippen molar-refractivity contribution in [1.82, 2.24) is 5.32 Å². The minimum Gasteiger partial charge on any atom is -0.355 e. The van der Waals surface area contributed by atoms with Crippen LogP contribution >= 0.6 is 0 Å². The highest BCUT2D eigenvalue weighted by Gasteiger charge is 2.56. The van der Waals surface area contributed by atoms with Crippen LogP contribution in [0, 0.1) is 19.3 Å². The number of amides is 2. The van der Waals surface area contributed by atoms with Gasteiger partial charge in [-0.1, -0.05) is 25.1 Å². The maximum atomic E-state index is 12.4. The van der Waals surface area contributed by atoms with Crippen molar-refractivity contribution >= 4 is 17.5 Å². The molecular weight excluding hydrogens is 252 g/mol. The molecule has 1 aromatic carbocycles. The Hall–Kier alpha value is -1.84. The minimum atomic E-state index is -0.843. The van der Waals surface area contributed by atoms with Crippen LogP contribution in [-0.4, -0.2) is 18.4 Å². The molecule has 2 N–H and O–H groups in total. The van der Waals surface area contributed by atoms with Crippen LogP contribution in [0.25, 0.3) is 0 Å². The van der Waals surface area contributed by atoms with Gasteiger partial charge in [0.25, 0.3) is 0 Å². The molecule has 108 valence electrons. The fraction of sp³-hybridized carbons (Fsp3) is 0.500. The first-order valence-corrected chi connectivity index (χ1v) is 7.17. The van der Waals surface area contributed by atoms with Crippen LogP contribution in [0.4, 0.5) is 5.69 Å². The highest BCUT2D eigenvalue weighted by Crippen LogP contribution is 2.47. The van der Waals surface area contributed by atoms with Gasteiger partial charge in [-0.15, -0.1) is 0 Å². The summed E-state index contributed by atoms with van der Waals surface area (Å²) in [6.45, 7) is 6.53. The van der Waals surface area contributed by atoms with E-state index in [9.17, 15) is 9.59 Å². The first kappa shape index (κ1) is 14.6. The van der Waals surface area contributed by atoms with Crippen molar-refractivity contribution in [3.63, 3.8) is 0 Å². The fourth-order valence-electron chi connectivity index (χ4n) is 2.33. The maximum absolute atomic E-state index is 12.4. The Morgan fingerprint density at radius 2 is 1.75 bits per heavy atom. The second-order valence-electron chi connectivity index (χ2n) is 5.56. The lowest BCUT2D eigenvalue weighted by molar-refractivity contribution is -0.134. The fourth-order valence-corrected chi connectivity index (χ4v) is 2.33. The summed E-state index contributed by atoms with van der Waals surface area (Å²) < 4.78 is 0. The number of hydrogen-bond acceptors (Lipinski definition) is 2. The number of hydrogen-bond donors (Lipinski definition) is 2. The molecule has 0 aliphatic heterocycles. The Morgan fingerprint density at radius 1 is 1.15 bits per heavy atom. The van der Waals surface area contributed by atoms with E-state index in [0.717, 1.165) is 23.2 Å². The third kappa shape index (κ3) is 2.69. The topological polar surface area (TPSA) is 58.2 Å². The molecule has 1 saturated carbocycles. The Balaban J connectivity index is 2.10. The van der Waals surface area contributed by atoms with E-state index in [2.05, 4.69) is 10.6 Å². The molecule has 4 nitrogen and oxygen atoms in total. The van der Waals surface area contributed by atoms with E-state index < -0.39 is 5.41 Å². The molecule has 0 heterocycles. The minimum absolute atomic E-state index is 0.136. The molecule has 2 amide bonds. The zero-order chi connectivity index (χ0) is 14.8. The number of anilines is 1.